The summed E-state index contributed by atoms with van der Waals surface area (Å²) >= 11 is 0. The van der Waals surface area contributed by atoms with Gasteiger partial charge < -0.3 is 10.1 Å². The normalized spacial score (nSPS) is 15.5. The molecular weight excluding hydrogens is 198 g/mol. The molecule has 1 heterocycles. The minimum Gasteiger partial charge on any atom is -0.494 e. The van der Waals surface area contributed by atoms with Crippen LogP contribution in [0.25, 0.3) is 0 Å². The Morgan fingerprint density at radius 2 is 1.93 bits per heavy atom. The van der Waals surface area contributed by atoms with Gasteiger partial charge in [0.05, 0.1) is 6.61 Å². The Labute approximate surface area is 91.1 Å². The molecule has 0 spiro atoms. The summed E-state index contributed by atoms with van der Waals surface area (Å²) in [6.45, 7) is 4.98. The monoisotopic (exact) mass is 213 g/mol. The SMILES string of the molecule is CCOc1ccc(C2CNC2)cc1.Cl. The second kappa shape index (κ2) is 5.23. The van der Waals surface area contributed by atoms with Crippen LogP contribution in [0.4, 0.5) is 0 Å². The third kappa shape index (κ3) is 2.40. The summed E-state index contributed by atoms with van der Waals surface area (Å²) in [7, 11) is 0. The van der Waals surface area contributed by atoms with Gasteiger partial charge in [-0.15, -0.1) is 12.4 Å². The highest BCUT2D eigenvalue weighted by atomic mass is 35.5. The Hall–Kier alpha value is -0.730. The van der Waals surface area contributed by atoms with Crippen molar-refractivity contribution >= 4 is 12.4 Å². The van der Waals surface area contributed by atoms with Crippen LogP contribution in [-0.4, -0.2) is 19.7 Å². The average Bonchev–Trinajstić information content (AvgIpc) is 2.06. The zero-order valence-corrected chi connectivity index (χ0v) is 9.14. The van der Waals surface area contributed by atoms with Crippen molar-refractivity contribution in [1.29, 1.82) is 0 Å². The zero-order valence-electron chi connectivity index (χ0n) is 8.32. The van der Waals surface area contributed by atoms with Crippen molar-refractivity contribution in [2.45, 2.75) is 12.8 Å². The number of hydrogen-bond acceptors (Lipinski definition) is 2. The molecule has 14 heavy (non-hydrogen) atoms. The Morgan fingerprint density at radius 3 is 2.36 bits per heavy atom. The Morgan fingerprint density at radius 1 is 1.29 bits per heavy atom. The minimum absolute atomic E-state index is 0. The van der Waals surface area contributed by atoms with E-state index in [1.54, 1.807) is 0 Å². The molecule has 1 aromatic rings. The molecule has 0 aromatic heterocycles. The molecule has 3 heteroatoms. The lowest BCUT2D eigenvalue weighted by atomic mass is 9.94. The van der Waals surface area contributed by atoms with E-state index in [1.807, 2.05) is 6.92 Å². The molecule has 1 aliphatic rings. The van der Waals surface area contributed by atoms with E-state index in [0.717, 1.165) is 31.4 Å². The van der Waals surface area contributed by atoms with E-state index in [4.69, 9.17) is 4.74 Å². The molecule has 78 valence electrons. The first-order valence-corrected chi connectivity index (χ1v) is 4.83. The van der Waals surface area contributed by atoms with Gasteiger partial charge in [0.1, 0.15) is 5.75 Å². The van der Waals surface area contributed by atoms with Gasteiger partial charge in [0.2, 0.25) is 0 Å². The molecule has 1 fully saturated rings. The number of hydrogen-bond donors (Lipinski definition) is 1. The lowest BCUT2D eigenvalue weighted by molar-refractivity contribution is 0.340. The van der Waals surface area contributed by atoms with Crippen LogP contribution in [0.1, 0.15) is 18.4 Å². The van der Waals surface area contributed by atoms with E-state index in [-0.39, 0.29) is 12.4 Å². The summed E-state index contributed by atoms with van der Waals surface area (Å²) in [5.74, 6) is 1.69. The summed E-state index contributed by atoms with van der Waals surface area (Å²) in [6.07, 6.45) is 0. The van der Waals surface area contributed by atoms with E-state index >= 15 is 0 Å². The summed E-state index contributed by atoms with van der Waals surface area (Å²) in [4.78, 5) is 0. The van der Waals surface area contributed by atoms with Gasteiger partial charge in [-0.3, -0.25) is 0 Å². The number of halogens is 1. The van der Waals surface area contributed by atoms with Gasteiger partial charge in [0, 0.05) is 19.0 Å². The van der Waals surface area contributed by atoms with Gasteiger partial charge in [-0.1, -0.05) is 12.1 Å². The maximum absolute atomic E-state index is 5.38. The molecule has 0 radical (unpaired) electrons. The van der Waals surface area contributed by atoms with Gasteiger partial charge >= 0.3 is 0 Å². The molecule has 1 aliphatic heterocycles. The van der Waals surface area contributed by atoms with Crippen molar-refractivity contribution in [1.82, 2.24) is 5.32 Å². The Balaban J connectivity index is 0.000000980. The standard InChI is InChI=1S/C11H15NO.ClH/c1-2-13-11-5-3-9(4-6-11)10-7-12-8-10;/h3-6,10,12H,2,7-8H2,1H3;1H. The molecule has 0 unspecified atom stereocenters. The Bertz CT molecular complexity index is 269. The molecule has 1 aromatic carbocycles. The van der Waals surface area contributed by atoms with Gasteiger partial charge in [-0.05, 0) is 24.6 Å². The fraction of sp³-hybridized carbons (Fsp3) is 0.455. The maximum Gasteiger partial charge on any atom is 0.119 e. The van der Waals surface area contributed by atoms with Gasteiger partial charge in [0.25, 0.3) is 0 Å². The van der Waals surface area contributed by atoms with Crippen LogP contribution in [-0.2, 0) is 0 Å². The summed E-state index contributed by atoms with van der Waals surface area (Å²) in [6, 6.07) is 8.43. The van der Waals surface area contributed by atoms with Gasteiger partial charge in [-0.25, -0.2) is 0 Å². The highest BCUT2D eigenvalue weighted by molar-refractivity contribution is 5.85. The number of ether oxygens (including phenoxy) is 1. The quantitative estimate of drug-likeness (QED) is 0.831. The molecule has 0 amide bonds. The summed E-state index contributed by atoms with van der Waals surface area (Å²) in [5.41, 5.74) is 1.42. The predicted molar refractivity (Wildman–Crippen MR) is 60.5 cm³/mol. The van der Waals surface area contributed by atoms with Crippen molar-refractivity contribution in [2.24, 2.45) is 0 Å². The zero-order chi connectivity index (χ0) is 9.10. The molecule has 1 N–H and O–H groups in total. The molecular formula is C11H16ClNO. The smallest absolute Gasteiger partial charge is 0.119 e. The van der Waals surface area contributed by atoms with Crippen LogP contribution in [0.5, 0.6) is 5.75 Å². The molecule has 0 bridgehead atoms. The largest absolute Gasteiger partial charge is 0.494 e. The van der Waals surface area contributed by atoms with E-state index in [1.165, 1.54) is 5.56 Å². The summed E-state index contributed by atoms with van der Waals surface area (Å²) < 4.78 is 5.38. The third-order valence-corrected chi connectivity index (χ3v) is 2.44. The van der Waals surface area contributed by atoms with Gasteiger partial charge in [0.15, 0.2) is 0 Å². The first-order valence-electron chi connectivity index (χ1n) is 4.83. The first-order chi connectivity index (χ1) is 6.40. The molecule has 2 rings (SSSR count). The number of nitrogens with one attached hydrogen (secondary N) is 1. The van der Waals surface area contributed by atoms with Crippen LogP contribution in [0.15, 0.2) is 24.3 Å². The molecule has 0 atom stereocenters. The Kier molecular flexibility index (Phi) is 4.23. The predicted octanol–water partition coefficient (Wildman–Crippen LogP) is 2.19. The van der Waals surface area contributed by atoms with Crippen molar-refractivity contribution in [3.63, 3.8) is 0 Å². The number of benzene rings is 1. The fourth-order valence-electron chi connectivity index (χ4n) is 1.53. The van der Waals surface area contributed by atoms with Crippen LogP contribution >= 0.6 is 12.4 Å². The van der Waals surface area contributed by atoms with Gasteiger partial charge in [-0.2, -0.15) is 0 Å². The van der Waals surface area contributed by atoms with Crippen molar-refractivity contribution < 1.29 is 4.74 Å². The minimum atomic E-state index is 0. The van der Waals surface area contributed by atoms with Crippen LogP contribution < -0.4 is 10.1 Å². The lowest BCUT2D eigenvalue weighted by Crippen LogP contribution is -2.39. The first kappa shape index (κ1) is 11.3. The van der Waals surface area contributed by atoms with E-state index in [0.29, 0.717) is 0 Å². The summed E-state index contributed by atoms with van der Waals surface area (Å²) in [5, 5.41) is 3.27. The second-order valence-electron chi connectivity index (χ2n) is 3.36. The molecule has 0 aliphatic carbocycles. The highest BCUT2D eigenvalue weighted by Gasteiger charge is 2.18. The van der Waals surface area contributed by atoms with Crippen LogP contribution in [0.2, 0.25) is 0 Å². The fourth-order valence-corrected chi connectivity index (χ4v) is 1.53. The van der Waals surface area contributed by atoms with Crippen molar-refractivity contribution in [2.75, 3.05) is 19.7 Å². The average molecular weight is 214 g/mol. The van der Waals surface area contributed by atoms with Crippen molar-refractivity contribution in [3.8, 4) is 5.75 Å². The van der Waals surface area contributed by atoms with Crippen LogP contribution in [0.3, 0.4) is 0 Å². The maximum atomic E-state index is 5.38. The van der Waals surface area contributed by atoms with E-state index < -0.39 is 0 Å². The van der Waals surface area contributed by atoms with E-state index in [2.05, 4.69) is 29.6 Å². The topological polar surface area (TPSA) is 21.3 Å². The lowest BCUT2D eigenvalue weighted by Gasteiger charge is -2.27. The van der Waals surface area contributed by atoms with Crippen molar-refractivity contribution in [3.05, 3.63) is 29.8 Å². The highest BCUT2D eigenvalue weighted by Crippen LogP contribution is 2.22. The third-order valence-electron chi connectivity index (χ3n) is 2.44. The molecule has 0 saturated carbocycles. The van der Waals surface area contributed by atoms with Crippen LogP contribution in [0, 0.1) is 0 Å². The second-order valence-corrected chi connectivity index (χ2v) is 3.36. The molecule has 2 nitrogen and oxygen atoms in total. The number of rotatable bonds is 3. The molecule has 1 saturated heterocycles. The van der Waals surface area contributed by atoms with E-state index in [9.17, 15) is 0 Å².